The van der Waals surface area contributed by atoms with Crippen molar-refractivity contribution in [2.24, 2.45) is 0 Å². The van der Waals surface area contributed by atoms with Gasteiger partial charge in [-0.3, -0.25) is 0 Å². The predicted molar refractivity (Wildman–Crippen MR) is 72.9 cm³/mol. The monoisotopic (exact) mass is 327 g/mol. The maximum Gasteiger partial charge on any atom is 0.241 e. The van der Waals surface area contributed by atoms with Gasteiger partial charge in [-0.2, -0.15) is 0 Å². The summed E-state index contributed by atoms with van der Waals surface area (Å²) >= 11 is 0. The quantitative estimate of drug-likeness (QED) is 0.935. The van der Waals surface area contributed by atoms with Crippen molar-refractivity contribution >= 4 is 10.0 Å². The maximum absolute atomic E-state index is 13.1. The Morgan fingerprint density at radius 3 is 2.41 bits per heavy atom. The van der Waals surface area contributed by atoms with Gasteiger partial charge in [0.25, 0.3) is 0 Å². The molecule has 1 aliphatic heterocycles. The number of rotatable bonds is 4. The average molecular weight is 327 g/mol. The standard InChI is InChI=1S/C14H11F2NO4S/c15-10-4-11(16)6-12(5-10)22(18,19)17-7-9-1-2-13-14(3-9)21-8-20-13/h1-6,17H,7-8H2. The molecule has 1 aliphatic rings. The van der Waals surface area contributed by atoms with Crippen molar-refractivity contribution in [2.75, 3.05) is 6.79 Å². The van der Waals surface area contributed by atoms with Crippen molar-refractivity contribution in [1.82, 2.24) is 4.72 Å². The molecule has 0 bridgehead atoms. The molecule has 116 valence electrons. The lowest BCUT2D eigenvalue weighted by Gasteiger charge is -2.08. The van der Waals surface area contributed by atoms with E-state index in [-0.39, 0.29) is 13.3 Å². The van der Waals surface area contributed by atoms with Crippen molar-refractivity contribution in [3.05, 3.63) is 53.6 Å². The van der Waals surface area contributed by atoms with Crippen LogP contribution in [0.4, 0.5) is 8.78 Å². The molecule has 0 aliphatic carbocycles. The maximum atomic E-state index is 13.1. The van der Waals surface area contributed by atoms with E-state index in [4.69, 9.17) is 9.47 Å². The number of sulfonamides is 1. The number of ether oxygens (including phenoxy) is 2. The van der Waals surface area contributed by atoms with Gasteiger partial charge in [-0.05, 0) is 29.8 Å². The lowest BCUT2D eigenvalue weighted by atomic mass is 10.2. The summed E-state index contributed by atoms with van der Waals surface area (Å²) in [4.78, 5) is -0.467. The number of hydrogen-bond acceptors (Lipinski definition) is 4. The molecule has 1 N–H and O–H groups in total. The van der Waals surface area contributed by atoms with E-state index in [2.05, 4.69) is 4.72 Å². The first-order valence-corrected chi connectivity index (χ1v) is 7.77. The van der Waals surface area contributed by atoms with E-state index in [0.29, 0.717) is 23.1 Å². The molecule has 0 saturated heterocycles. The highest BCUT2D eigenvalue weighted by Gasteiger charge is 2.18. The Kier molecular flexibility index (Phi) is 3.71. The molecule has 0 saturated carbocycles. The highest BCUT2D eigenvalue weighted by Crippen LogP contribution is 2.32. The topological polar surface area (TPSA) is 64.6 Å². The Labute approximate surface area is 125 Å². The summed E-state index contributed by atoms with van der Waals surface area (Å²) in [5.74, 6) is -0.806. The third-order valence-electron chi connectivity index (χ3n) is 3.05. The molecule has 1 heterocycles. The van der Waals surface area contributed by atoms with Gasteiger partial charge >= 0.3 is 0 Å². The molecular formula is C14H11F2NO4S. The number of nitrogens with one attached hydrogen (secondary N) is 1. The van der Waals surface area contributed by atoms with E-state index in [9.17, 15) is 17.2 Å². The third kappa shape index (κ3) is 3.02. The molecule has 0 atom stereocenters. The number of hydrogen-bond donors (Lipinski definition) is 1. The number of fused-ring (bicyclic) bond motifs is 1. The van der Waals surface area contributed by atoms with Crippen LogP contribution in [0.5, 0.6) is 11.5 Å². The fourth-order valence-electron chi connectivity index (χ4n) is 2.00. The Morgan fingerprint density at radius 2 is 1.68 bits per heavy atom. The Balaban J connectivity index is 1.77. The SMILES string of the molecule is O=S(=O)(NCc1ccc2c(c1)OCO2)c1cc(F)cc(F)c1. The molecule has 2 aromatic carbocycles. The Morgan fingerprint density at radius 1 is 1.00 bits per heavy atom. The molecule has 0 unspecified atom stereocenters. The molecule has 22 heavy (non-hydrogen) atoms. The van der Waals surface area contributed by atoms with Crippen LogP contribution in [-0.4, -0.2) is 15.2 Å². The van der Waals surface area contributed by atoms with Gasteiger partial charge in [0.15, 0.2) is 11.5 Å². The van der Waals surface area contributed by atoms with Crippen molar-refractivity contribution < 1.29 is 26.7 Å². The summed E-state index contributed by atoms with van der Waals surface area (Å²) in [5.41, 5.74) is 0.629. The summed E-state index contributed by atoms with van der Waals surface area (Å²) < 4.78 is 62.9. The van der Waals surface area contributed by atoms with E-state index >= 15 is 0 Å². The summed E-state index contributed by atoms with van der Waals surface area (Å²) in [6.45, 7) is 0.0736. The van der Waals surface area contributed by atoms with Crippen molar-refractivity contribution in [2.45, 2.75) is 11.4 Å². The van der Waals surface area contributed by atoms with Gasteiger partial charge in [0.1, 0.15) is 11.6 Å². The highest BCUT2D eigenvalue weighted by molar-refractivity contribution is 7.89. The fraction of sp³-hybridized carbons (Fsp3) is 0.143. The normalized spacial score (nSPS) is 13.4. The molecule has 2 aromatic rings. The minimum atomic E-state index is -4.02. The van der Waals surface area contributed by atoms with E-state index in [1.54, 1.807) is 18.2 Å². The van der Waals surface area contributed by atoms with Crippen LogP contribution in [-0.2, 0) is 16.6 Å². The minimum Gasteiger partial charge on any atom is -0.454 e. The number of halogens is 2. The van der Waals surface area contributed by atoms with Crippen LogP contribution in [0.25, 0.3) is 0 Å². The minimum absolute atomic E-state index is 0.0445. The highest BCUT2D eigenvalue weighted by atomic mass is 32.2. The molecule has 0 radical (unpaired) electrons. The van der Waals surface area contributed by atoms with Crippen LogP contribution in [0, 0.1) is 11.6 Å². The van der Waals surface area contributed by atoms with Crippen LogP contribution in [0.3, 0.4) is 0 Å². The van der Waals surface area contributed by atoms with E-state index in [1.807, 2.05) is 0 Å². The van der Waals surface area contributed by atoms with Crippen LogP contribution in [0.1, 0.15) is 5.56 Å². The zero-order valence-corrected chi connectivity index (χ0v) is 12.0. The lowest BCUT2D eigenvalue weighted by Crippen LogP contribution is -2.23. The van der Waals surface area contributed by atoms with Crippen LogP contribution in [0.2, 0.25) is 0 Å². The largest absolute Gasteiger partial charge is 0.454 e. The first-order chi connectivity index (χ1) is 10.4. The molecule has 0 fully saturated rings. The van der Waals surface area contributed by atoms with Crippen molar-refractivity contribution in [1.29, 1.82) is 0 Å². The first-order valence-electron chi connectivity index (χ1n) is 6.28. The lowest BCUT2D eigenvalue weighted by molar-refractivity contribution is 0.174. The number of benzene rings is 2. The fourth-order valence-corrected chi connectivity index (χ4v) is 3.06. The van der Waals surface area contributed by atoms with Gasteiger partial charge in [-0.1, -0.05) is 6.07 Å². The molecule has 0 amide bonds. The zero-order chi connectivity index (χ0) is 15.7. The summed E-state index contributed by atoms with van der Waals surface area (Å²) in [7, 11) is -4.02. The van der Waals surface area contributed by atoms with E-state index in [0.717, 1.165) is 12.1 Å². The zero-order valence-electron chi connectivity index (χ0n) is 11.2. The smallest absolute Gasteiger partial charge is 0.241 e. The average Bonchev–Trinajstić information content (AvgIpc) is 2.91. The molecule has 0 aromatic heterocycles. The van der Waals surface area contributed by atoms with E-state index < -0.39 is 26.6 Å². The second kappa shape index (κ2) is 5.54. The molecule has 3 rings (SSSR count). The molecule has 8 heteroatoms. The Hall–Kier alpha value is -2.19. The third-order valence-corrected chi connectivity index (χ3v) is 4.43. The second-order valence-corrected chi connectivity index (χ2v) is 6.38. The van der Waals surface area contributed by atoms with Crippen LogP contribution >= 0.6 is 0 Å². The van der Waals surface area contributed by atoms with Crippen LogP contribution in [0.15, 0.2) is 41.3 Å². The van der Waals surface area contributed by atoms with Gasteiger partial charge in [0.05, 0.1) is 4.90 Å². The molecular weight excluding hydrogens is 316 g/mol. The van der Waals surface area contributed by atoms with Gasteiger partial charge in [-0.25, -0.2) is 21.9 Å². The predicted octanol–water partition coefficient (Wildman–Crippen LogP) is 2.17. The van der Waals surface area contributed by atoms with Crippen molar-refractivity contribution in [3.8, 4) is 11.5 Å². The Bertz CT molecular complexity index is 803. The molecule has 5 nitrogen and oxygen atoms in total. The van der Waals surface area contributed by atoms with Gasteiger partial charge < -0.3 is 9.47 Å². The van der Waals surface area contributed by atoms with Gasteiger partial charge in [0.2, 0.25) is 16.8 Å². The first kappa shape index (κ1) is 14.7. The second-order valence-electron chi connectivity index (χ2n) is 4.62. The van der Waals surface area contributed by atoms with Gasteiger partial charge in [-0.15, -0.1) is 0 Å². The summed E-state index contributed by atoms with van der Waals surface area (Å²) in [5, 5.41) is 0. The van der Waals surface area contributed by atoms with Crippen molar-refractivity contribution in [3.63, 3.8) is 0 Å². The van der Waals surface area contributed by atoms with Gasteiger partial charge in [0, 0.05) is 12.6 Å². The van der Waals surface area contributed by atoms with E-state index in [1.165, 1.54) is 0 Å². The van der Waals surface area contributed by atoms with Crippen LogP contribution < -0.4 is 14.2 Å². The molecule has 0 spiro atoms. The summed E-state index contributed by atoms with van der Waals surface area (Å²) in [6, 6.07) is 7.08. The summed E-state index contributed by atoms with van der Waals surface area (Å²) in [6.07, 6.45) is 0.